The van der Waals surface area contributed by atoms with Gasteiger partial charge >= 0.3 is 6.18 Å². The molecule has 0 spiro atoms. The van der Waals surface area contributed by atoms with Gasteiger partial charge in [-0.25, -0.2) is 0 Å². The van der Waals surface area contributed by atoms with Gasteiger partial charge in [0.1, 0.15) is 5.37 Å². The van der Waals surface area contributed by atoms with Crippen molar-refractivity contribution in [1.82, 2.24) is 15.2 Å². The summed E-state index contributed by atoms with van der Waals surface area (Å²) < 4.78 is 38.2. The van der Waals surface area contributed by atoms with E-state index >= 15 is 0 Å². The Bertz CT molecular complexity index is 829. The Hall–Kier alpha value is -2.55. The second kappa shape index (κ2) is 8.64. The first-order valence-electron chi connectivity index (χ1n) is 8.58. The predicted octanol–water partition coefficient (Wildman–Crippen LogP) is 3.38. The van der Waals surface area contributed by atoms with Gasteiger partial charge in [-0.05, 0) is 29.3 Å². The lowest BCUT2D eigenvalue weighted by Gasteiger charge is -2.24. The van der Waals surface area contributed by atoms with E-state index in [1.807, 2.05) is 6.07 Å². The van der Waals surface area contributed by atoms with E-state index in [4.69, 9.17) is 0 Å². The first kappa shape index (κ1) is 20.2. The molecule has 1 atom stereocenters. The average Bonchev–Trinajstić information content (AvgIpc) is 3.05. The number of halogens is 3. The monoisotopic (exact) mass is 409 g/mol. The van der Waals surface area contributed by atoms with Crippen LogP contribution in [0.15, 0.2) is 48.8 Å². The minimum absolute atomic E-state index is 0.115. The van der Waals surface area contributed by atoms with E-state index in [1.54, 1.807) is 18.5 Å². The van der Waals surface area contributed by atoms with Crippen LogP contribution in [-0.4, -0.2) is 34.0 Å². The minimum Gasteiger partial charge on any atom is -0.352 e. The van der Waals surface area contributed by atoms with Crippen LogP contribution >= 0.6 is 11.8 Å². The van der Waals surface area contributed by atoms with E-state index in [1.165, 1.54) is 28.8 Å². The van der Waals surface area contributed by atoms with Crippen molar-refractivity contribution in [1.29, 1.82) is 0 Å². The van der Waals surface area contributed by atoms with Gasteiger partial charge in [0.05, 0.1) is 11.3 Å². The van der Waals surface area contributed by atoms with Crippen LogP contribution in [0, 0.1) is 0 Å². The predicted molar refractivity (Wildman–Crippen MR) is 99.1 cm³/mol. The molecule has 148 valence electrons. The molecule has 1 fully saturated rings. The molecule has 1 aliphatic heterocycles. The summed E-state index contributed by atoms with van der Waals surface area (Å²) in [5.41, 5.74) is 0.748. The third kappa shape index (κ3) is 5.03. The lowest BCUT2D eigenvalue weighted by atomic mass is 10.1. The summed E-state index contributed by atoms with van der Waals surface area (Å²) in [6, 6.07) is 8.41. The molecule has 9 heteroatoms. The van der Waals surface area contributed by atoms with E-state index in [0.29, 0.717) is 12.1 Å². The van der Waals surface area contributed by atoms with Gasteiger partial charge in [0, 0.05) is 31.9 Å². The zero-order valence-corrected chi connectivity index (χ0v) is 15.6. The van der Waals surface area contributed by atoms with Crippen molar-refractivity contribution in [3.05, 3.63) is 65.5 Å². The van der Waals surface area contributed by atoms with Crippen LogP contribution in [-0.2, 0) is 22.3 Å². The van der Waals surface area contributed by atoms with E-state index in [9.17, 15) is 22.8 Å². The number of thioether (sulfide) groups is 1. The molecule has 1 saturated heterocycles. The molecular formula is C19H18F3N3O2S. The number of benzene rings is 1. The molecule has 1 aromatic carbocycles. The number of rotatable bonds is 6. The first-order valence-corrected chi connectivity index (χ1v) is 9.63. The number of alkyl halides is 3. The smallest absolute Gasteiger partial charge is 0.352 e. The van der Waals surface area contributed by atoms with Crippen LogP contribution in [0.25, 0.3) is 0 Å². The fourth-order valence-electron chi connectivity index (χ4n) is 2.82. The Kier molecular flexibility index (Phi) is 6.23. The third-order valence-corrected chi connectivity index (χ3v) is 5.54. The second-order valence-electron chi connectivity index (χ2n) is 6.26. The number of hydrogen-bond acceptors (Lipinski definition) is 4. The molecule has 5 nitrogen and oxygen atoms in total. The molecule has 0 aliphatic carbocycles. The maximum absolute atomic E-state index is 12.7. The molecule has 0 saturated carbocycles. The molecule has 2 heterocycles. The van der Waals surface area contributed by atoms with Crippen LogP contribution in [0.1, 0.15) is 28.5 Å². The Morgan fingerprint density at radius 3 is 2.64 bits per heavy atom. The zero-order valence-electron chi connectivity index (χ0n) is 14.8. The summed E-state index contributed by atoms with van der Waals surface area (Å²) in [6.45, 7) is 0.550. The highest BCUT2D eigenvalue weighted by atomic mass is 32.2. The van der Waals surface area contributed by atoms with Gasteiger partial charge in [0.15, 0.2) is 0 Å². The SMILES string of the molecule is O=C(CCN1C(=O)CSC1c1ccc(C(F)(F)F)cc1)NCc1cccnc1. The fraction of sp³-hybridized carbons (Fsp3) is 0.316. The van der Waals surface area contributed by atoms with E-state index in [0.717, 1.165) is 17.7 Å². The number of nitrogens with zero attached hydrogens (tertiary/aromatic N) is 2. The van der Waals surface area contributed by atoms with Gasteiger partial charge in [-0.1, -0.05) is 18.2 Å². The quantitative estimate of drug-likeness (QED) is 0.795. The first-order chi connectivity index (χ1) is 13.3. The molecule has 0 bridgehead atoms. The fourth-order valence-corrected chi connectivity index (χ4v) is 4.04. The summed E-state index contributed by atoms with van der Waals surface area (Å²) in [6.07, 6.45) is -0.988. The van der Waals surface area contributed by atoms with E-state index in [-0.39, 0.29) is 35.9 Å². The molecule has 3 rings (SSSR count). The molecule has 1 aromatic heterocycles. The van der Waals surface area contributed by atoms with Gasteiger partial charge in [0.2, 0.25) is 11.8 Å². The van der Waals surface area contributed by atoms with Crippen molar-refractivity contribution in [2.75, 3.05) is 12.3 Å². The summed E-state index contributed by atoms with van der Waals surface area (Å²) in [4.78, 5) is 29.7. The minimum atomic E-state index is -4.40. The lowest BCUT2D eigenvalue weighted by molar-refractivity contribution is -0.137. The summed E-state index contributed by atoms with van der Waals surface area (Å²) in [7, 11) is 0. The molecule has 0 radical (unpaired) electrons. The average molecular weight is 409 g/mol. The number of amides is 2. The number of carbonyl (C=O) groups is 2. The number of nitrogens with one attached hydrogen (secondary N) is 1. The van der Waals surface area contributed by atoms with Crippen molar-refractivity contribution < 1.29 is 22.8 Å². The summed E-state index contributed by atoms with van der Waals surface area (Å²) in [5, 5.41) is 2.38. The van der Waals surface area contributed by atoms with Gasteiger partial charge < -0.3 is 10.2 Å². The van der Waals surface area contributed by atoms with Crippen molar-refractivity contribution >= 4 is 23.6 Å². The Labute approximate surface area is 164 Å². The van der Waals surface area contributed by atoms with Crippen LogP contribution in [0.5, 0.6) is 0 Å². The number of carbonyl (C=O) groups excluding carboxylic acids is 2. The highest BCUT2D eigenvalue weighted by Crippen LogP contribution is 2.39. The number of hydrogen-bond donors (Lipinski definition) is 1. The summed E-state index contributed by atoms with van der Waals surface area (Å²) in [5.74, 6) is -0.0992. The van der Waals surface area contributed by atoms with Gasteiger partial charge in [-0.2, -0.15) is 13.2 Å². The molecule has 1 N–H and O–H groups in total. The Morgan fingerprint density at radius 2 is 2.00 bits per heavy atom. The van der Waals surface area contributed by atoms with Crippen LogP contribution in [0.2, 0.25) is 0 Å². The van der Waals surface area contributed by atoms with Gasteiger partial charge in [0.25, 0.3) is 0 Å². The topological polar surface area (TPSA) is 62.3 Å². The molecule has 1 unspecified atom stereocenters. The van der Waals surface area contributed by atoms with Crippen molar-refractivity contribution in [3.63, 3.8) is 0 Å². The van der Waals surface area contributed by atoms with E-state index < -0.39 is 11.7 Å². The second-order valence-corrected chi connectivity index (χ2v) is 7.33. The lowest BCUT2D eigenvalue weighted by Crippen LogP contribution is -2.33. The largest absolute Gasteiger partial charge is 0.416 e. The van der Waals surface area contributed by atoms with E-state index in [2.05, 4.69) is 10.3 Å². The van der Waals surface area contributed by atoms with Gasteiger partial charge in [-0.3, -0.25) is 14.6 Å². The highest BCUT2D eigenvalue weighted by Gasteiger charge is 2.34. The van der Waals surface area contributed by atoms with Crippen LogP contribution in [0.3, 0.4) is 0 Å². The Morgan fingerprint density at radius 1 is 1.25 bits per heavy atom. The maximum atomic E-state index is 12.7. The molecule has 2 aromatic rings. The van der Waals surface area contributed by atoms with Crippen molar-refractivity contribution in [2.24, 2.45) is 0 Å². The van der Waals surface area contributed by atoms with Crippen molar-refractivity contribution in [2.45, 2.75) is 24.5 Å². The maximum Gasteiger partial charge on any atom is 0.416 e. The zero-order chi connectivity index (χ0) is 20.1. The molecule has 2 amide bonds. The van der Waals surface area contributed by atoms with Crippen LogP contribution in [0.4, 0.5) is 13.2 Å². The third-order valence-electron chi connectivity index (χ3n) is 4.28. The highest BCUT2D eigenvalue weighted by molar-refractivity contribution is 8.00. The molecule has 28 heavy (non-hydrogen) atoms. The summed E-state index contributed by atoms with van der Waals surface area (Å²) >= 11 is 1.34. The van der Waals surface area contributed by atoms with Gasteiger partial charge in [-0.15, -0.1) is 11.8 Å². The molecule has 1 aliphatic rings. The Balaban J connectivity index is 1.57. The standard InChI is InChI=1S/C19H18F3N3O2S/c20-19(21,22)15-5-3-14(4-6-15)18-25(17(27)12-28-18)9-7-16(26)24-11-13-2-1-8-23-10-13/h1-6,8,10,18H,7,9,11-12H2,(H,24,26). The molecular weight excluding hydrogens is 391 g/mol. The van der Waals surface area contributed by atoms with Crippen molar-refractivity contribution in [3.8, 4) is 0 Å². The normalized spacial score (nSPS) is 17.0. The van der Waals surface area contributed by atoms with Crippen LogP contribution < -0.4 is 5.32 Å². The number of pyridine rings is 1. The number of aromatic nitrogens is 1.